The van der Waals surface area contributed by atoms with Crippen LogP contribution < -0.4 is 0 Å². The molecule has 0 amide bonds. The van der Waals surface area contributed by atoms with E-state index in [9.17, 15) is 4.79 Å². The summed E-state index contributed by atoms with van der Waals surface area (Å²) < 4.78 is 6.27. The number of alkyl halides is 1. The molecule has 0 heterocycles. The number of rotatable bonds is 9. The minimum Gasteiger partial charge on any atom is -0.466 e. The lowest BCUT2D eigenvalue weighted by molar-refractivity contribution is -0.143. The molecule has 0 spiro atoms. The van der Waals surface area contributed by atoms with Crippen molar-refractivity contribution < 1.29 is 9.53 Å². The molecule has 14 heavy (non-hydrogen) atoms. The molecule has 0 bridgehead atoms. The fourth-order valence-corrected chi connectivity index (χ4v) is 1.66. The molecule has 0 rings (SSSR count). The van der Waals surface area contributed by atoms with Crippen molar-refractivity contribution in [1.29, 1.82) is 0 Å². The normalized spacial score (nSPS) is 10.1. The molecule has 0 radical (unpaired) electrons. The molecule has 0 saturated heterocycles. The highest BCUT2D eigenvalue weighted by Gasteiger charge is 2.01. The summed E-state index contributed by atoms with van der Waals surface area (Å²) in [5.74, 6) is -0.0204. The number of carbonyl (C=O) groups excluding carboxylic acids is 1. The fraction of sp³-hybridized carbons (Fsp3) is 0.909. The average Bonchev–Trinajstić information content (AvgIpc) is 2.18. The van der Waals surface area contributed by atoms with E-state index in [1.807, 2.05) is 0 Å². The highest BCUT2D eigenvalue weighted by atomic mass is 127. The van der Waals surface area contributed by atoms with Gasteiger partial charge in [0.2, 0.25) is 0 Å². The van der Waals surface area contributed by atoms with E-state index < -0.39 is 0 Å². The highest BCUT2D eigenvalue weighted by Crippen LogP contribution is 2.05. The minimum atomic E-state index is -0.0204. The molecule has 3 heteroatoms. The van der Waals surface area contributed by atoms with Gasteiger partial charge in [-0.15, -0.1) is 0 Å². The molecule has 0 aromatic heterocycles. The van der Waals surface area contributed by atoms with Crippen LogP contribution in [-0.4, -0.2) is 17.0 Å². The van der Waals surface area contributed by atoms with Crippen molar-refractivity contribution in [3.63, 3.8) is 0 Å². The van der Waals surface area contributed by atoms with Crippen molar-refractivity contribution in [3.8, 4) is 0 Å². The summed E-state index contributed by atoms with van der Waals surface area (Å²) in [5, 5.41) is 0. The Morgan fingerprint density at radius 3 is 2.50 bits per heavy atom. The van der Waals surface area contributed by atoms with E-state index >= 15 is 0 Å². The zero-order valence-corrected chi connectivity index (χ0v) is 11.2. The topological polar surface area (TPSA) is 26.3 Å². The Morgan fingerprint density at radius 2 is 1.86 bits per heavy atom. The van der Waals surface area contributed by atoms with Crippen LogP contribution in [0, 0.1) is 0 Å². The summed E-state index contributed by atoms with van der Waals surface area (Å²) in [6.45, 7) is 2.70. The predicted octanol–water partition coefficient (Wildman–Crippen LogP) is 3.72. The number of unbranched alkanes of at least 4 members (excludes halogenated alkanes) is 4. The van der Waals surface area contributed by atoms with E-state index in [1.54, 1.807) is 0 Å². The van der Waals surface area contributed by atoms with Gasteiger partial charge in [-0.25, -0.2) is 0 Å². The van der Waals surface area contributed by atoms with Gasteiger partial charge in [-0.3, -0.25) is 4.79 Å². The number of halogens is 1. The zero-order chi connectivity index (χ0) is 10.6. The van der Waals surface area contributed by atoms with Crippen LogP contribution >= 0.6 is 22.6 Å². The Morgan fingerprint density at radius 1 is 1.14 bits per heavy atom. The summed E-state index contributed by atoms with van der Waals surface area (Å²) in [6.07, 6.45) is 7.33. The molecular weight excluding hydrogens is 291 g/mol. The first-order valence-electron chi connectivity index (χ1n) is 5.52. The van der Waals surface area contributed by atoms with E-state index in [0.717, 1.165) is 25.7 Å². The zero-order valence-electron chi connectivity index (χ0n) is 9.06. The first kappa shape index (κ1) is 14.2. The van der Waals surface area contributed by atoms with Crippen molar-refractivity contribution in [2.24, 2.45) is 0 Å². The molecule has 0 N–H and O–H groups in total. The monoisotopic (exact) mass is 312 g/mol. The van der Waals surface area contributed by atoms with Crippen LogP contribution in [0.25, 0.3) is 0 Å². The van der Waals surface area contributed by atoms with Crippen molar-refractivity contribution >= 4 is 28.6 Å². The second-order valence-electron chi connectivity index (χ2n) is 3.43. The van der Waals surface area contributed by atoms with E-state index in [4.69, 9.17) is 4.74 Å². The SMILES string of the molecule is CCCCOC(=O)CCCCCCI. The van der Waals surface area contributed by atoms with Crippen LogP contribution in [-0.2, 0) is 9.53 Å². The summed E-state index contributed by atoms with van der Waals surface area (Å²) in [4.78, 5) is 11.1. The smallest absolute Gasteiger partial charge is 0.305 e. The minimum absolute atomic E-state index is 0.0204. The van der Waals surface area contributed by atoms with Gasteiger partial charge < -0.3 is 4.74 Å². The standard InChI is InChI=1S/C11H21IO2/c1-2-3-10-14-11(13)8-6-4-5-7-9-12/h2-10H2,1H3. The van der Waals surface area contributed by atoms with Gasteiger partial charge >= 0.3 is 5.97 Å². The average molecular weight is 312 g/mol. The third-order valence-electron chi connectivity index (χ3n) is 2.03. The number of esters is 1. The van der Waals surface area contributed by atoms with Gasteiger partial charge in [-0.2, -0.15) is 0 Å². The third kappa shape index (κ3) is 10.3. The molecule has 0 aliphatic heterocycles. The number of hydrogen-bond donors (Lipinski definition) is 0. The summed E-state index contributed by atoms with van der Waals surface area (Å²) in [6, 6.07) is 0. The largest absolute Gasteiger partial charge is 0.466 e. The van der Waals surface area contributed by atoms with Crippen molar-refractivity contribution in [2.75, 3.05) is 11.0 Å². The lowest BCUT2D eigenvalue weighted by Crippen LogP contribution is -2.05. The van der Waals surface area contributed by atoms with Gasteiger partial charge in [-0.05, 0) is 23.7 Å². The predicted molar refractivity (Wildman–Crippen MR) is 67.8 cm³/mol. The molecule has 84 valence electrons. The lowest BCUT2D eigenvalue weighted by Gasteiger charge is -2.03. The van der Waals surface area contributed by atoms with E-state index in [0.29, 0.717) is 13.0 Å². The molecule has 0 aliphatic carbocycles. The second kappa shape index (κ2) is 11.3. The Bertz CT molecular complexity index is 137. The van der Waals surface area contributed by atoms with Gasteiger partial charge in [0.15, 0.2) is 0 Å². The third-order valence-corrected chi connectivity index (χ3v) is 2.79. The Balaban J connectivity index is 3.10. The first-order valence-corrected chi connectivity index (χ1v) is 7.05. The number of hydrogen-bond acceptors (Lipinski definition) is 2. The van der Waals surface area contributed by atoms with Crippen molar-refractivity contribution in [1.82, 2.24) is 0 Å². The van der Waals surface area contributed by atoms with Crippen LogP contribution in [0.1, 0.15) is 51.9 Å². The van der Waals surface area contributed by atoms with Crippen LogP contribution in [0.3, 0.4) is 0 Å². The Labute approximate surface area is 101 Å². The number of ether oxygens (including phenoxy) is 1. The fourth-order valence-electron chi connectivity index (χ4n) is 1.12. The number of carbonyl (C=O) groups is 1. The maximum Gasteiger partial charge on any atom is 0.305 e. The highest BCUT2D eigenvalue weighted by molar-refractivity contribution is 14.1. The summed E-state index contributed by atoms with van der Waals surface area (Å²) in [7, 11) is 0. The van der Waals surface area contributed by atoms with Gasteiger partial charge in [0, 0.05) is 6.42 Å². The van der Waals surface area contributed by atoms with Gasteiger partial charge in [-0.1, -0.05) is 48.8 Å². The Hall–Kier alpha value is 0.200. The van der Waals surface area contributed by atoms with Crippen molar-refractivity contribution in [2.45, 2.75) is 51.9 Å². The molecule has 2 nitrogen and oxygen atoms in total. The maximum absolute atomic E-state index is 11.1. The van der Waals surface area contributed by atoms with Crippen LogP contribution in [0.4, 0.5) is 0 Å². The second-order valence-corrected chi connectivity index (χ2v) is 4.51. The molecule has 0 unspecified atom stereocenters. The van der Waals surface area contributed by atoms with E-state index in [-0.39, 0.29) is 5.97 Å². The van der Waals surface area contributed by atoms with Gasteiger partial charge in [0.25, 0.3) is 0 Å². The molecular formula is C11H21IO2. The Kier molecular flexibility index (Phi) is 11.4. The van der Waals surface area contributed by atoms with Crippen LogP contribution in [0.5, 0.6) is 0 Å². The van der Waals surface area contributed by atoms with E-state index in [2.05, 4.69) is 29.5 Å². The van der Waals surface area contributed by atoms with Crippen LogP contribution in [0.2, 0.25) is 0 Å². The van der Waals surface area contributed by atoms with Crippen LogP contribution in [0.15, 0.2) is 0 Å². The lowest BCUT2D eigenvalue weighted by atomic mass is 10.2. The molecule has 0 aromatic carbocycles. The molecule has 0 fully saturated rings. The quantitative estimate of drug-likeness (QED) is 0.281. The summed E-state index contributed by atoms with van der Waals surface area (Å²) >= 11 is 2.38. The van der Waals surface area contributed by atoms with Crippen molar-refractivity contribution in [3.05, 3.63) is 0 Å². The maximum atomic E-state index is 11.1. The molecule has 0 aromatic rings. The van der Waals surface area contributed by atoms with Gasteiger partial charge in [0.05, 0.1) is 6.61 Å². The molecule has 0 aliphatic rings. The summed E-state index contributed by atoms with van der Waals surface area (Å²) in [5.41, 5.74) is 0. The molecule has 0 saturated carbocycles. The molecule has 0 atom stereocenters. The first-order chi connectivity index (χ1) is 6.81. The van der Waals surface area contributed by atoms with Gasteiger partial charge in [0.1, 0.15) is 0 Å². The van der Waals surface area contributed by atoms with E-state index in [1.165, 1.54) is 17.3 Å².